The van der Waals surface area contributed by atoms with E-state index in [-0.39, 0.29) is 17.6 Å². The van der Waals surface area contributed by atoms with Crippen molar-refractivity contribution in [1.29, 1.82) is 0 Å². The summed E-state index contributed by atoms with van der Waals surface area (Å²) in [6.45, 7) is 0. The van der Waals surface area contributed by atoms with Crippen molar-refractivity contribution in [3.63, 3.8) is 0 Å². The molecule has 1 amide bonds. The van der Waals surface area contributed by atoms with Crippen molar-refractivity contribution in [1.82, 2.24) is 10.4 Å². The third-order valence-electron chi connectivity index (χ3n) is 3.82. The van der Waals surface area contributed by atoms with Gasteiger partial charge < -0.3 is 4.74 Å². The van der Waals surface area contributed by atoms with Gasteiger partial charge in [-0.2, -0.15) is 5.10 Å². The first-order valence-corrected chi connectivity index (χ1v) is 11.5. The third kappa shape index (κ3) is 5.32. The lowest BCUT2D eigenvalue weighted by Gasteiger charge is -2.03. The van der Waals surface area contributed by atoms with Crippen molar-refractivity contribution in [2.24, 2.45) is 5.10 Å². The fourth-order valence-corrected chi connectivity index (χ4v) is 4.88. The van der Waals surface area contributed by atoms with Crippen LogP contribution in [-0.4, -0.2) is 28.8 Å². The minimum absolute atomic E-state index is 0.211. The van der Waals surface area contributed by atoms with Crippen LogP contribution in [0.25, 0.3) is 10.2 Å². The van der Waals surface area contributed by atoms with Crippen molar-refractivity contribution < 1.29 is 14.3 Å². The molecule has 0 aliphatic heterocycles. The monoisotopic (exact) mass is 453 g/mol. The molecule has 0 atom stereocenters. The van der Waals surface area contributed by atoms with E-state index < -0.39 is 0 Å². The van der Waals surface area contributed by atoms with Gasteiger partial charge in [-0.15, -0.1) is 22.7 Å². The lowest BCUT2D eigenvalue weighted by atomic mass is 10.2. The van der Waals surface area contributed by atoms with Crippen LogP contribution in [0.1, 0.15) is 15.2 Å². The SMILES string of the molecule is O=C(CSc1nc2ccccc2s1)N/N=C\c1ccc(OC(=O)c2cccs2)cc1. The maximum atomic E-state index is 12.0. The van der Waals surface area contributed by atoms with Gasteiger partial charge in [0.1, 0.15) is 10.6 Å². The Labute approximate surface area is 184 Å². The highest BCUT2D eigenvalue weighted by molar-refractivity contribution is 8.01. The molecule has 0 unspecified atom stereocenters. The summed E-state index contributed by atoms with van der Waals surface area (Å²) in [7, 11) is 0. The van der Waals surface area contributed by atoms with Crippen LogP contribution < -0.4 is 10.2 Å². The van der Waals surface area contributed by atoms with E-state index in [2.05, 4.69) is 15.5 Å². The van der Waals surface area contributed by atoms with Gasteiger partial charge in [0.15, 0.2) is 4.34 Å². The summed E-state index contributed by atoms with van der Waals surface area (Å²) < 4.78 is 7.25. The number of hydrazone groups is 1. The Morgan fingerprint density at radius 1 is 1.10 bits per heavy atom. The van der Waals surface area contributed by atoms with E-state index in [4.69, 9.17) is 4.74 Å². The van der Waals surface area contributed by atoms with E-state index >= 15 is 0 Å². The van der Waals surface area contributed by atoms with E-state index in [0.29, 0.717) is 10.6 Å². The van der Waals surface area contributed by atoms with Crippen LogP contribution in [0.3, 0.4) is 0 Å². The second kappa shape index (κ2) is 9.66. The standard InChI is InChI=1S/C21H15N3O3S3/c25-19(13-29-21-23-16-4-1-2-5-17(16)30-21)24-22-12-14-7-9-15(10-8-14)27-20(26)18-6-3-11-28-18/h1-12H,13H2,(H,24,25)/b22-12-. The van der Waals surface area contributed by atoms with Gasteiger partial charge in [-0.05, 0) is 53.4 Å². The smallest absolute Gasteiger partial charge is 0.353 e. The number of hydrogen-bond acceptors (Lipinski definition) is 8. The number of esters is 1. The third-order valence-corrected chi connectivity index (χ3v) is 6.85. The van der Waals surface area contributed by atoms with E-state index in [1.165, 1.54) is 29.3 Å². The van der Waals surface area contributed by atoms with Crippen LogP contribution in [0.2, 0.25) is 0 Å². The highest BCUT2D eigenvalue weighted by atomic mass is 32.2. The zero-order valence-electron chi connectivity index (χ0n) is 15.5. The number of fused-ring (bicyclic) bond motifs is 1. The number of ether oxygens (including phenoxy) is 1. The van der Waals surface area contributed by atoms with Gasteiger partial charge in [-0.25, -0.2) is 15.2 Å². The summed E-state index contributed by atoms with van der Waals surface area (Å²) in [5.74, 6) is 0.0810. The molecule has 0 spiro atoms. The Kier molecular flexibility index (Phi) is 6.53. The largest absolute Gasteiger partial charge is 0.422 e. The number of thiophene rings is 1. The lowest BCUT2D eigenvalue weighted by molar-refractivity contribution is -0.118. The quantitative estimate of drug-likeness (QED) is 0.143. The average Bonchev–Trinajstić information content (AvgIpc) is 3.43. The Morgan fingerprint density at radius 3 is 2.70 bits per heavy atom. The number of rotatable bonds is 7. The molecular weight excluding hydrogens is 438 g/mol. The minimum atomic E-state index is -0.385. The molecule has 2 aromatic carbocycles. The average molecular weight is 454 g/mol. The van der Waals surface area contributed by atoms with Gasteiger partial charge in [0.05, 0.1) is 22.2 Å². The first-order valence-electron chi connectivity index (χ1n) is 8.83. The molecule has 4 aromatic rings. The first-order chi connectivity index (χ1) is 14.7. The number of aromatic nitrogens is 1. The number of thioether (sulfide) groups is 1. The van der Waals surface area contributed by atoms with Crippen LogP contribution in [0, 0.1) is 0 Å². The predicted molar refractivity (Wildman–Crippen MR) is 122 cm³/mol. The van der Waals surface area contributed by atoms with Crippen LogP contribution in [0.4, 0.5) is 0 Å². The number of thiazole rings is 1. The van der Waals surface area contributed by atoms with Crippen molar-refractivity contribution in [2.75, 3.05) is 5.75 Å². The van der Waals surface area contributed by atoms with Gasteiger partial charge in [0.25, 0.3) is 5.91 Å². The van der Waals surface area contributed by atoms with Gasteiger partial charge >= 0.3 is 5.97 Å². The molecular formula is C21H15N3O3S3. The molecule has 0 aliphatic carbocycles. The number of amides is 1. The molecule has 0 saturated heterocycles. The van der Waals surface area contributed by atoms with Crippen LogP contribution in [0.5, 0.6) is 5.75 Å². The maximum absolute atomic E-state index is 12.0. The molecule has 0 saturated carbocycles. The topological polar surface area (TPSA) is 80.7 Å². The Hall–Kier alpha value is -3.01. The summed E-state index contributed by atoms with van der Waals surface area (Å²) in [4.78, 5) is 28.9. The number of nitrogens with zero attached hydrogens (tertiary/aromatic N) is 2. The highest BCUT2D eigenvalue weighted by Crippen LogP contribution is 2.29. The van der Waals surface area contributed by atoms with Crippen LogP contribution in [-0.2, 0) is 4.79 Å². The summed E-state index contributed by atoms with van der Waals surface area (Å²) in [6.07, 6.45) is 1.53. The van der Waals surface area contributed by atoms with Crippen molar-refractivity contribution in [2.45, 2.75) is 4.34 Å². The molecule has 0 bridgehead atoms. The molecule has 0 radical (unpaired) electrons. The summed E-state index contributed by atoms with van der Waals surface area (Å²) in [5.41, 5.74) is 4.21. The highest BCUT2D eigenvalue weighted by Gasteiger charge is 2.09. The van der Waals surface area contributed by atoms with Gasteiger partial charge in [0, 0.05) is 0 Å². The first kappa shape index (κ1) is 20.3. The lowest BCUT2D eigenvalue weighted by Crippen LogP contribution is -2.19. The molecule has 30 heavy (non-hydrogen) atoms. The molecule has 6 nitrogen and oxygen atoms in total. The summed E-state index contributed by atoms with van der Waals surface area (Å²) in [5, 5.41) is 5.79. The molecule has 1 N–H and O–H groups in total. The zero-order valence-corrected chi connectivity index (χ0v) is 17.9. The van der Waals surface area contributed by atoms with Crippen LogP contribution >= 0.6 is 34.4 Å². The van der Waals surface area contributed by atoms with Gasteiger partial charge in [0.2, 0.25) is 0 Å². The summed E-state index contributed by atoms with van der Waals surface area (Å²) in [6, 6.07) is 18.2. The van der Waals surface area contributed by atoms with Crippen molar-refractivity contribution >= 4 is 62.7 Å². The number of carbonyl (C=O) groups is 2. The van der Waals surface area contributed by atoms with Gasteiger partial charge in [-0.3, -0.25) is 4.79 Å². The van der Waals surface area contributed by atoms with Gasteiger partial charge in [-0.1, -0.05) is 30.0 Å². The van der Waals surface area contributed by atoms with Crippen molar-refractivity contribution in [3.8, 4) is 5.75 Å². The Balaban J connectivity index is 1.24. The van der Waals surface area contributed by atoms with E-state index in [1.807, 2.05) is 29.6 Å². The number of nitrogens with one attached hydrogen (secondary N) is 1. The Morgan fingerprint density at radius 2 is 1.93 bits per heavy atom. The Bertz CT molecular complexity index is 1150. The number of carbonyl (C=O) groups excluding carboxylic acids is 2. The zero-order chi connectivity index (χ0) is 20.8. The molecule has 2 aromatic heterocycles. The number of para-hydroxylation sites is 1. The van der Waals surface area contributed by atoms with Crippen LogP contribution in [0.15, 0.2) is 75.5 Å². The second-order valence-corrected chi connectivity index (χ2v) is 9.17. The predicted octanol–water partition coefficient (Wildman–Crippen LogP) is 4.82. The number of hydrogen-bond donors (Lipinski definition) is 1. The normalized spacial score (nSPS) is 11.1. The molecule has 9 heteroatoms. The van der Waals surface area contributed by atoms with E-state index in [9.17, 15) is 9.59 Å². The molecule has 2 heterocycles. The van der Waals surface area contributed by atoms with E-state index in [0.717, 1.165) is 20.1 Å². The summed E-state index contributed by atoms with van der Waals surface area (Å²) >= 11 is 4.27. The second-order valence-electron chi connectivity index (χ2n) is 5.97. The van der Waals surface area contributed by atoms with E-state index in [1.54, 1.807) is 47.7 Å². The fourth-order valence-electron chi connectivity index (χ4n) is 2.43. The molecule has 0 aliphatic rings. The molecule has 4 rings (SSSR count). The number of benzene rings is 2. The van der Waals surface area contributed by atoms with Crippen molar-refractivity contribution in [3.05, 3.63) is 76.5 Å². The minimum Gasteiger partial charge on any atom is -0.422 e. The molecule has 150 valence electrons. The molecule has 0 fully saturated rings. The fraction of sp³-hybridized carbons (Fsp3) is 0.0476. The maximum Gasteiger partial charge on any atom is 0.353 e.